The number of nitro groups is 1. The third-order valence-electron chi connectivity index (χ3n) is 1.92. The van der Waals surface area contributed by atoms with Crippen molar-refractivity contribution in [1.82, 2.24) is 0 Å². The van der Waals surface area contributed by atoms with E-state index >= 15 is 0 Å². The lowest BCUT2D eigenvalue weighted by Gasteiger charge is -2.11. The fourth-order valence-electron chi connectivity index (χ4n) is 1.14. The first-order valence-corrected chi connectivity index (χ1v) is 6.06. The lowest BCUT2D eigenvalue weighted by atomic mass is 10.3. The lowest BCUT2D eigenvalue weighted by Crippen LogP contribution is -1.94. The fourth-order valence-corrected chi connectivity index (χ4v) is 1.79. The normalized spacial score (nSPS) is 9.76. The Labute approximate surface area is 100 Å². The highest BCUT2D eigenvalue weighted by Crippen LogP contribution is 2.42. The molecular formula is C11H12NO4P. The monoisotopic (exact) mass is 253 g/mol. The van der Waals surface area contributed by atoms with Gasteiger partial charge >= 0.3 is 5.69 Å². The Morgan fingerprint density at radius 1 is 1.41 bits per heavy atom. The molecule has 1 aromatic carbocycles. The van der Waals surface area contributed by atoms with Crippen molar-refractivity contribution < 1.29 is 14.2 Å². The summed E-state index contributed by atoms with van der Waals surface area (Å²) in [5.74, 6) is 3.92. The molecule has 0 heterocycles. The summed E-state index contributed by atoms with van der Waals surface area (Å²) in [6, 6.07) is 4.33. The third kappa shape index (κ3) is 3.29. The second-order valence-electron chi connectivity index (χ2n) is 2.91. The van der Waals surface area contributed by atoms with Crippen LogP contribution in [0.1, 0.15) is 0 Å². The smallest absolute Gasteiger partial charge is 0.311 e. The molecule has 17 heavy (non-hydrogen) atoms. The van der Waals surface area contributed by atoms with E-state index in [1.165, 1.54) is 25.3 Å². The number of benzene rings is 1. The van der Waals surface area contributed by atoms with Gasteiger partial charge in [-0.2, -0.15) is 0 Å². The maximum Gasteiger partial charge on any atom is 0.311 e. The van der Waals surface area contributed by atoms with E-state index in [4.69, 9.17) is 9.26 Å². The third-order valence-corrected chi connectivity index (χ3v) is 3.06. The molecule has 0 aliphatic heterocycles. The molecule has 0 spiro atoms. The zero-order valence-electron chi connectivity index (χ0n) is 9.33. The van der Waals surface area contributed by atoms with Gasteiger partial charge in [-0.05, 0) is 17.7 Å². The summed E-state index contributed by atoms with van der Waals surface area (Å²) in [7, 11) is 0.398. The largest absolute Gasteiger partial charge is 0.490 e. The Morgan fingerprint density at radius 3 is 2.53 bits per heavy atom. The van der Waals surface area contributed by atoms with Crippen LogP contribution in [0, 0.1) is 10.1 Å². The van der Waals surface area contributed by atoms with Gasteiger partial charge in [0.1, 0.15) is 13.9 Å². The van der Waals surface area contributed by atoms with Crippen LogP contribution in [0.25, 0.3) is 0 Å². The predicted octanol–water partition coefficient (Wildman–Crippen LogP) is 3.67. The highest BCUT2D eigenvalue weighted by atomic mass is 31.1. The summed E-state index contributed by atoms with van der Waals surface area (Å²) in [5.41, 5.74) is -0.0959. The maximum atomic E-state index is 10.7. The molecule has 1 rings (SSSR count). The summed E-state index contributed by atoms with van der Waals surface area (Å²) in [5, 5.41) is 10.7. The van der Waals surface area contributed by atoms with Gasteiger partial charge in [0.05, 0.1) is 12.0 Å². The Balaban J connectivity index is 3.00. The van der Waals surface area contributed by atoms with Gasteiger partial charge in [-0.25, -0.2) is 0 Å². The number of rotatable bonds is 6. The van der Waals surface area contributed by atoms with Crippen LogP contribution >= 0.6 is 8.15 Å². The number of nitro benzene ring substituents is 1. The molecule has 0 saturated carbocycles. The molecule has 0 atom stereocenters. The summed E-state index contributed by atoms with van der Waals surface area (Å²) in [6.45, 7) is 7.22. The van der Waals surface area contributed by atoms with Crippen molar-refractivity contribution in [2.75, 3.05) is 7.11 Å². The zero-order chi connectivity index (χ0) is 12.8. The molecule has 0 saturated heterocycles. The van der Waals surface area contributed by atoms with Gasteiger partial charge in [-0.1, -0.05) is 13.2 Å². The summed E-state index contributed by atoms with van der Waals surface area (Å²) in [4.78, 5) is 10.2. The van der Waals surface area contributed by atoms with Gasteiger partial charge in [-0.3, -0.25) is 10.1 Å². The van der Waals surface area contributed by atoms with Gasteiger partial charge in [0.2, 0.25) is 5.75 Å². The minimum absolute atomic E-state index is 0.0959. The molecule has 0 amide bonds. The molecule has 5 nitrogen and oxygen atoms in total. The van der Waals surface area contributed by atoms with Crippen LogP contribution in [0.15, 0.2) is 43.0 Å². The Morgan fingerprint density at radius 2 is 2.06 bits per heavy atom. The number of hydrogen-bond donors (Lipinski definition) is 0. The van der Waals surface area contributed by atoms with Crippen LogP contribution < -0.4 is 9.26 Å². The SMILES string of the molecule is C=CP(C=C)Oc1ccc([N+](=O)[O-])c(OC)c1. The van der Waals surface area contributed by atoms with E-state index in [-0.39, 0.29) is 11.4 Å². The second-order valence-corrected chi connectivity index (χ2v) is 4.54. The van der Waals surface area contributed by atoms with Crippen LogP contribution in [-0.4, -0.2) is 12.0 Å². The van der Waals surface area contributed by atoms with E-state index in [0.29, 0.717) is 5.75 Å². The second kappa shape index (κ2) is 6.01. The van der Waals surface area contributed by atoms with Crippen molar-refractivity contribution in [2.45, 2.75) is 0 Å². The Hall–Kier alpha value is -1.87. The topological polar surface area (TPSA) is 61.6 Å². The highest BCUT2D eigenvalue weighted by Gasteiger charge is 2.15. The van der Waals surface area contributed by atoms with Gasteiger partial charge in [0.15, 0.2) is 0 Å². The number of methoxy groups -OCH3 is 1. The first kappa shape index (κ1) is 13.2. The average molecular weight is 253 g/mol. The molecule has 1 aromatic rings. The van der Waals surface area contributed by atoms with E-state index in [0.717, 1.165) is 0 Å². The molecule has 0 unspecified atom stereocenters. The van der Waals surface area contributed by atoms with Crippen molar-refractivity contribution in [3.05, 3.63) is 53.1 Å². The number of ether oxygens (including phenoxy) is 1. The summed E-state index contributed by atoms with van der Waals surface area (Å²) >= 11 is 0. The molecule has 0 fully saturated rings. The van der Waals surface area contributed by atoms with Crippen molar-refractivity contribution in [1.29, 1.82) is 0 Å². The van der Waals surface area contributed by atoms with Gasteiger partial charge < -0.3 is 9.26 Å². The molecule has 0 aliphatic carbocycles. The maximum absolute atomic E-state index is 10.7. The molecule has 0 radical (unpaired) electrons. The van der Waals surface area contributed by atoms with Crippen molar-refractivity contribution in [2.24, 2.45) is 0 Å². The number of hydrogen-bond acceptors (Lipinski definition) is 4. The molecule has 6 heteroatoms. The number of nitrogens with zero attached hydrogens (tertiary/aromatic N) is 1. The first-order chi connectivity index (χ1) is 8.12. The van der Waals surface area contributed by atoms with E-state index in [9.17, 15) is 10.1 Å². The van der Waals surface area contributed by atoms with Crippen LogP contribution in [-0.2, 0) is 0 Å². The van der Waals surface area contributed by atoms with Crippen molar-refractivity contribution in [3.8, 4) is 11.5 Å². The van der Waals surface area contributed by atoms with Gasteiger partial charge in [0, 0.05) is 12.1 Å². The minimum atomic E-state index is -0.973. The lowest BCUT2D eigenvalue weighted by molar-refractivity contribution is -0.385. The highest BCUT2D eigenvalue weighted by molar-refractivity contribution is 7.59. The summed E-state index contributed by atoms with van der Waals surface area (Å²) in [6.07, 6.45) is 0. The predicted molar refractivity (Wildman–Crippen MR) is 67.6 cm³/mol. The fraction of sp³-hybridized carbons (Fsp3) is 0.0909. The average Bonchev–Trinajstić information content (AvgIpc) is 2.35. The van der Waals surface area contributed by atoms with Crippen LogP contribution in [0.3, 0.4) is 0 Å². The van der Waals surface area contributed by atoms with E-state index in [1.54, 1.807) is 11.6 Å². The van der Waals surface area contributed by atoms with Crippen molar-refractivity contribution >= 4 is 13.8 Å². The van der Waals surface area contributed by atoms with E-state index < -0.39 is 13.1 Å². The molecular weight excluding hydrogens is 241 g/mol. The molecule has 90 valence electrons. The molecule has 0 aromatic heterocycles. The Kier molecular flexibility index (Phi) is 4.67. The van der Waals surface area contributed by atoms with Crippen molar-refractivity contribution in [3.63, 3.8) is 0 Å². The van der Waals surface area contributed by atoms with Gasteiger partial charge in [0.25, 0.3) is 0 Å². The van der Waals surface area contributed by atoms with Crippen LogP contribution in [0.5, 0.6) is 11.5 Å². The molecule has 0 N–H and O–H groups in total. The van der Waals surface area contributed by atoms with E-state index in [2.05, 4.69) is 13.2 Å². The Bertz CT molecular complexity index is 439. The first-order valence-electron chi connectivity index (χ1n) is 4.66. The van der Waals surface area contributed by atoms with E-state index in [1.807, 2.05) is 0 Å². The van der Waals surface area contributed by atoms with Crippen LogP contribution in [0.2, 0.25) is 0 Å². The molecule has 0 bridgehead atoms. The quantitative estimate of drug-likeness (QED) is 0.441. The zero-order valence-corrected chi connectivity index (χ0v) is 10.2. The van der Waals surface area contributed by atoms with Gasteiger partial charge in [-0.15, -0.1) is 0 Å². The summed E-state index contributed by atoms with van der Waals surface area (Å²) < 4.78 is 10.4. The molecule has 0 aliphatic rings. The van der Waals surface area contributed by atoms with Crippen LogP contribution in [0.4, 0.5) is 5.69 Å². The standard InChI is InChI=1S/C11H12NO4P/c1-4-17(5-2)16-9-6-7-10(12(13)14)11(8-9)15-3/h4-8H,1-2H2,3H3. The minimum Gasteiger partial charge on any atom is -0.490 e.